The summed E-state index contributed by atoms with van der Waals surface area (Å²) in [6.07, 6.45) is 1.27. The van der Waals surface area contributed by atoms with E-state index in [1.165, 1.54) is 0 Å². The SMILES string of the molecule is COc1cc2c(cc1OC)CN(C(=O)COC(=O)CCCOc1ccc(Cl)cc1Cl)CC2. The maximum absolute atomic E-state index is 12.5. The number of carbonyl (C=O) groups excluding carboxylic acids is 2. The molecule has 1 amide bonds. The molecule has 0 saturated carbocycles. The maximum atomic E-state index is 12.5. The molecule has 1 aliphatic heterocycles. The van der Waals surface area contributed by atoms with Gasteiger partial charge in [0.05, 0.1) is 25.8 Å². The van der Waals surface area contributed by atoms with Gasteiger partial charge >= 0.3 is 5.97 Å². The normalized spacial score (nSPS) is 12.7. The number of rotatable bonds is 9. The van der Waals surface area contributed by atoms with Crippen molar-refractivity contribution in [1.82, 2.24) is 4.90 Å². The van der Waals surface area contributed by atoms with E-state index in [0.29, 0.717) is 59.8 Å². The summed E-state index contributed by atoms with van der Waals surface area (Å²) in [6, 6.07) is 8.75. The Kier molecular flexibility index (Phi) is 8.47. The number of hydrogen-bond acceptors (Lipinski definition) is 6. The molecule has 1 heterocycles. The Morgan fingerprint density at radius 2 is 1.72 bits per heavy atom. The van der Waals surface area contributed by atoms with Gasteiger partial charge in [-0.1, -0.05) is 23.2 Å². The second kappa shape index (κ2) is 11.3. The van der Waals surface area contributed by atoms with Crippen LogP contribution in [-0.4, -0.2) is 50.8 Å². The monoisotopic (exact) mass is 481 g/mol. The highest BCUT2D eigenvalue weighted by Crippen LogP contribution is 2.33. The summed E-state index contributed by atoms with van der Waals surface area (Å²) >= 11 is 11.9. The highest BCUT2D eigenvalue weighted by molar-refractivity contribution is 6.35. The predicted molar refractivity (Wildman–Crippen MR) is 121 cm³/mol. The number of carbonyl (C=O) groups is 2. The lowest BCUT2D eigenvalue weighted by Gasteiger charge is -2.29. The second-order valence-corrected chi connectivity index (χ2v) is 8.07. The quantitative estimate of drug-likeness (QED) is 0.392. The van der Waals surface area contributed by atoms with Crippen LogP contribution in [0.2, 0.25) is 10.0 Å². The minimum Gasteiger partial charge on any atom is -0.493 e. The van der Waals surface area contributed by atoms with Gasteiger partial charge in [0.15, 0.2) is 18.1 Å². The Labute approximate surface area is 197 Å². The summed E-state index contributed by atoms with van der Waals surface area (Å²) < 4.78 is 21.4. The molecular formula is C23H25Cl2NO6. The molecule has 0 unspecified atom stereocenters. The third-order valence-electron chi connectivity index (χ3n) is 5.10. The number of fused-ring (bicyclic) bond motifs is 1. The van der Waals surface area contributed by atoms with Crippen LogP contribution in [0.4, 0.5) is 0 Å². The van der Waals surface area contributed by atoms with Gasteiger partial charge in [-0.15, -0.1) is 0 Å². The first-order chi connectivity index (χ1) is 15.4. The van der Waals surface area contributed by atoms with E-state index in [0.717, 1.165) is 11.1 Å². The topological polar surface area (TPSA) is 74.3 Å². The molecule has 0 fully saturated rings. The van der Waals surface area contributed by atoms with Crippen molar-refractivity contribution in [1.29, 1.82) is 0 Å². The second-order valence-electron chi connectivity index (χ2n) is 7.23. The van der Waals surface area contributed by atoms with Crippen LogP contribution in [0.15, 0.2) is 30.3 Å². The van der Waals surface area contributed by atoms with Crippen LogP contribution in [0, 0.1) is 0 Å². The van der Waals surface area contributed by atoms with Gasteiger partial charge in [0.2, 0.25) is 0 Å². The number of halogens is 2. The fourth-order valence-corrected chi connectivity index (χ4v) is 3.86. The summed E-state index contributed by atoms with van der Waals surface area (Å²) in [7, 11) is 3.17. The van der Waals surface area contributed by atoms with Crippen LogP contribution in [0.3, 0.4) is 0 Å². The minimum atomic E-state index is -0.451. The Hall–Kier alpha value is -2.64. The van der Waals surface area contributed by atoms with E-state index in [1.54, 1.807) is 37.3 Å². The molecule has 7 nitrogen and oxygen atoms in total. The zero-order valence-corrected chi connectivity index (χ0v) is 19.5. The maximum Gasteiger partial charge on any atom is 0.306 e. The highest BCUT2D eigenvalue weighted by atomic mass is 35.5. The number of benzene rings is 2. The van der Waals surface area contributed by atoms with Crippen molar-refractivity contribution in [3.8, 4) is 17.2 Å². The van der Waals surface area contributed by atoms with Crippen LogP contribution in [0.5, 0.6) is 17.2 Å². The fourth-order valence-electron chi connectivity index (χ4n) is 3.39. The Morgan fingerprint density at radius 3 is 2.41 bits per heavy atom. The van der Waals surface area contributed by atoms with Gasteiger partial charge in [-0.05, 0) is 54.3 Å². The highest BCUT2D eigenvalue weighted by Gasteiger charge is 2.23. The molecule has 9 heteroatoms. The van der Waals surface area contributed by atoms with E-state index in [1.807, 2.05) is 12.1 Å². The number of nitrogens with zero attached hydrogens (tertiary/aromatic N) is 1. The van der Waals surface area contributed by atoms with Crippen molar-refractivity contribution in [3.63, 3.8) is 0 Å². The van der Waals surface area contributed by atoms with Gasteiger partial charge in [-0.3, -0.25) is 9.59 Å². The Morgan fingerprint density at radius 1 is 1.00 bits per heavy atom. The van der Waals surface area contributed by atoms with Crippen molar-refractivity contribution in [3.05, 3.63) is 51.5 Å². The number of methoxy groups -OCH3 is 2. The van der Waals surface area contributed by atoms with E-state index >= 15 is 0 Å². The summed E-state index contributed by atoms with van der Waals surface area (Å²) in [6.45, 7) is 0.986. The van der Waals surface area contributed by atoms with Gasteiger partial charge in [0, 0.05) is 24.5 Å². The molecule has 2 aromatic carbocycles. The van der Waals surface area contributed by atoms with Gasteiger partial charge in [-0.2, -0.15) is 0 Å². The van der Waals surface area contributed by atoms with Gasteiger partial charge in [0.1, 0.15) is 5.75 Å². The van der Waals surface area contributed by atoms with E-state index in [-0.39, 0.29) is 18.9 Å². The van der Waals surface area contributed by atoms with E-state index in [2.05, 4.69) is 0 Å². The average Bonchev–Trinajstić information content (AvgIpc) is 2.79. The zero-order valence-electron chi connectivity index (χ0n) is 18.0. The van der Waals surface area contributed by atoms with Gasteiger partial charge in [-0.25, -0.2) is 0 Å². The number of esters is 1. The summed E-state index contributed by atoms with van der Waals surface area (Å²) in [4.78, 5) is 26.2. The number of ether oxygens (including phenoxy) is 4. The molecule has 2 aromatic rings. The largest absolute Gasteiger partial charge is 0.493 e. The Bertz CT molecular complexity index is 981. The molecule has 3 rings (SSSR count). The van der Waals surface area contributed by atoms with Gasteiger partial charge < -0.3 is 23.8 Å². The summed E-state index contributed by atoms with van der Waals surface area (Å²) in [5.74, 6) is 1.10. The molecule has 0 aliphatic carbocycles. The molecule has 1 aliphatic rings. The molecule has 0 atom stereocenters. The average molecular weight is 482 g/mol. The first-order valence-corrected chi connectivity index (χ1v) is 10.9. The summed E-state index contributed by atoms with van der Waals surface area (Å²) in [5, 5.41) is 0.927. The molecular weight excluding hydrogens is 457 g/mol. The van der Waals surface area contributed by atoms with Crippen LogP contribution >= 0.6 is 23.2 Å². The van der Waals surface area contributed by atoms with Crippen LogP contribution in [0.1, 0.15) is 24.0 Å². The molecule has 0 bridgehead atoms. The van der Waals surface area contributed by atoms with E-state index in [9.17, 15) is 9.59 Å². The van der Waals surface area contributed by atoms with Crippen LogP contribution in [-0.2, 0) is 27.3 Å². The standard InChI is InChI=1S/C23H25Cl2NO6/c1-29-20-10-15-7-8-26(13-16(15)11-21(20)30-2)22(27)14-32-23(28)4-3-9-31-19-6-5-17(24)12-18(19)25/h5-6,10-12H,3-4,7-9,13-14H2,1-2H3. The van der Waals surface area contributed by atoms with Crippen molar-refractivity contribution >= 4 is 35.1 Å². The van der Waals surface area contributed by atoms with Crippen molar-refractivity contribution in [2.24, 2.45) is 0 Å². The Balaban J connectivity index is 1.41. The predicted octanol–water partition coefficient (Wildman–Crippen LogP) is 4.30. The smallest absolute Gasteiger partial charge is 0.306 e. The molecule has 0 radical (unpaired) electrons. The van der Waals surface area contributed by atoms with Crippen LogP contribution < -0.4 is 14.2 Å². The first-order valence-electron chi connectivity index (χ1n) is 10.2. The lowest BCUT2D eigenvalue weighted by Crippen LogP contribution is -2.38. The number of hydrogen-bond donors (Lipinski definition) is 0. The lowest BCUT2D eigenvalue weighted by atomic mass is 9.99. The zero-order chi connectivity index (χ0) is 23.1. The third kappa shape index (κ3) is 6.20. The van der Waals surface area contributed by atoms with Crippen molar-refractivity contribution in [2.75, 3.05) is 34.0 Å². The number of amides is 1. The molecule has 0 N–H and O–H groups in total. The van der Waals surface area contributed by atoms with Gasteiger partial charge in [0.25, 0.3) is 5.91 Å². The molecule has 0 aromatic heterocycles. The third-order valence-corrected chi connectivity index (χ3v) is 5.63. The fraction of sp³-hybridized carbons (Fsp3) is 0.391. The minimum absolute atomic E-state index is 0.137. The molecule has 0 saturated heterocycles. The van der Waals surface area contributed by atoms with E-state index < -0.39 is 5.97 Å². The lowest BCUT2D eigenvalue weighted by molar-refractivity contribution is -0.152. The summed E-state index contributed by atoms with van der Waals surface area (Å²) in [5.41, 5.74) is 2.11. The van der Waals surface area contributed by atoms with Crippen molar-refractivity contribution in [2.45, 2.75) is 25.8 Å². The molecule has 172 valence electrons. The molecule has 32 heavy (non-hydrogen) atoms. The van der Waals surface area contributed by atoms with Crippen molar-refractivity contribution < 1.29 is 28.5 Å². The van der Waals surface area contributed by atoms with E-state index in [4.69, 9.17) is 42.1 Å². The van der Waals surface area contributed by atoms with Crippen LogP contribution in [0.25, 0.3) is 0 Å². The molecule has 0 spiro atoms. The first kappa shape index (κ1) is 24.0.